The topological polar surface area (TPSA) is 86.5 Å². The second-order valence-corrected chi connectivity index (χ2v) is 9.90. The molecular weight excluding hydrogens is 567 g/mol. The molecule has 2 heterocycles. The number of aromatic nitrogens is 3. The third-order valence-corrected chi connectivity index (χ3v) is 7.14. The van der Waals surface area contributed by atoms with Crippen LogP contribution >= 0.6 is 23.1 Å². The van der Waals surface area contributed by atoms with Gasteiger partial charge in [-0.2, -0.15) is 4.37 Å². The highest BCUT2D eigenvalue weighted by Gasteiger charge is 2.20. The van der Waals surface area contributed by atoms with E-state index < -0.39 is 23.4 Å². The summed E-state index contributed by atoms with van der Waals surface area (Å²) < 4.78 is 61.5. The van der Waals surface area contributed by atoms with Crippen LogP contribution in [0.4, 0.5) is 13.2 Å². The van der Waals surface area contributed by atoms with Crippen molar-refractivity contribution in [1.82, 2.24) is 13.9 Å². The highest BCUT2D eigenvalue weighted by atomic mass is 35.5. The lowest BCUT2D eigenvalue weighted by molar-refractivity contribution is 0.0697. The summed E-state index contributed by atoms with van der Waals surface area (Å²) >= 11 is 6.82. The first-order valence-electron chi connectivity index (χ1n) is 12.0. The molecule has 40 heavy (non-hydrogen) atoms. The molecule has 12 heteroatoms. The number of benzene rings is 3. The molecule has 0 aliphatic rings. The number of methoxy groups -OCH3 is 1. The van der Waals surface area contributed by atoms with Gasteiger partial charge in [0, 0.05) is 41.6 Å². The third-order valence-electron chi connectivity index (χ3n) is 6.30. The van der Waals surface area contributed by atoms with E-state index in [4.69, 9.17) is 21.1 Å². The number of carboxylic acid groups (broad SMARTS) is 1. The van der Waals surface area contributed by atoms with Crippen LogP contribution in [-0.4, -0.2) is 38.7 Å². The molecule has 5 aromatic rings. The molecule has 1 N–H and O–H groups in total. The van der Waals surface area contributed by atoms with Gasteiger partial charge in [0.25, 0.3) is 0 Å². The number of imidazole rings is 1. The predicted octanol–water partition coefficient (Wildman–Crippen LogP) is 6.74. The van der Waals surface area contributed by atoms with Crippen molar-refractivity contribution in [2.75, 3.05) is 13.7 Å². The second kappa shape index (κ2) is 11.7. The summed E-state index contributed by atoms with van der Waals surface area (Å²) in [4.78, 5) is 16.0. The van der Waals surface area contributed by atoms with Crippen LogP contribution in [0, 0.1) is 17.5 Å². The van der Waals surface area contributed by atoms with Crippen molar-refractivity contribution in [3.63, 3.8) is 0 Å². The molecule has 7 nitrogen and oxygen atoms in total. The molecule has 0 aliphatic heterocycles. The standard InChI is InChI=1S/C28H21ClF3N3O4S/c1-38-7-6-35-25-10-15(28(36)37)3-5-24(25)33-26(35)12-19-22(31)8-17(9-23(19)32)20-14-40-34-27(20)39-13-16-2-4-18(29)11-21(16)30/h2-5,8-11,14H,6-7,12-13H2,1H3,(H,36,37). The Kier molecular flexibility index (Phi) is 8.06. The number of hydrogen-bond acceptors (Lipinski definition) is 6. The third kappa shape index (κ3) is 5.67. The Morgan fingerprint density at radius 2 is 1.85 bits per heavy atom. The molecule has 0 fully saturated rings. The largest absolute Gasteiger partial charge is 0.478 e. The van der Waals surface area contributed by atoms with Gasteiger partial charge in [-0.05, 0) is 59.6 Å². The predicted molar refractivity (Wildman–Crippen MR) is 145 cm³/mol. The van der Waals surface area contributed by atoms with Crippen LogP contribution in [0.25, 0.3) is 22.2 Å². The Bertz CT molecular complexity index is 1700. The minimum atomic E-state index is -1.10. The number of carbonyl (C=O) groups is 1. The normalized spacial score (nSPS) is 11.3. The molecule has 206 valence electrons. The lowest BCUT2D eigenvalue weighted by Crippen LogP contribution is -2.10. The number of rotatable bonds is 10. The van der Waals surface area contributed by atoms with E-state index in [1.165, 1.54) is 49.6 Å². The van der Waals surface area contributed by atoms with E-state index in [-0.39, 0.29) is 52.8 Å². The summed E-state index contributed by atoms with van der Waals surface area (Å²) in [7, 11) is 1.52. The highest BCUT2D eigenvalue weighted by Crippen LogP contribution is 2.34. The van der Waals surface area contributed by atoms with Crippen molar-refractivity contribution < 1.29 is 32.5 Å². The minimum absolute atomic E-state index is 0.0699. The van der Waals surface area contributed by atoms with Crippen LogP contribution in [0.1, 0.15) is 27.3 Å². The number of fused-ring (bicyclic) bond motifs is 1. The van der Waals surface area contributed by atoms with Crippen LogP contribution in [0.2, 0.25) is 5.02 Å². The summed E-state index contributed by atoms with van der Waals surface area (Å²) in [6.07, 6.45) is -0.181. The van der Waals surface area contributed by atoms with Gasteiger partial charge in [0.15, 0.2) is 0 Å². The molecule has 0 radical (unpaired) electrons. The van der Waals surface area contributed by atoms with E-state index in [0.717, 1.165) is 11.5 Å². The highest BCUT2D eigenvalue weighted by molar-refractivity contribution is 7.04. The van der Waals surface area contributed by atoms with Gasteiger partial charge in [0.05, 0.1) is 28.8 Å². The Morgan fingerprint density at radius 3 is 2.55 bits per heavy atom. The van der Waals surface area contributed by atoms with E-state index in [2.05, 4.69) is 9.36 Å². The summed E-state index contributed by atoms with van der Waals surface area (Å²) in [5.41, 5.74) is 1.70. The van der Waals surface area contributed by atoms with Crippen LogP contribution in [0.15, 0.2) is 53.9 Å². The van der Waals surface area contributed by atoms with Gasteiger partial charge in [-0.1, -0.05) is 17.7 Å². The Hall–Kier alpha value is -3.93. The van der Waals surface area contributed by atoms with E-state index >= 15 is 8.78 Å². The molecule has 0 atom stereocenters. The number of hydrogen-bond donors (Lipinski definition) is 1. The lowest BCUT2D eigenvalue weighted by Gasteiger charge is -2.12. The van der Waals surface area contributed by atoms with Crippen molar-refractivity contribution >= 4 is 40.1 Å². The molecular formula is C28H21ClF3N3O4S. The molecule has 0 unspecified atom stereocenters. The fraction of sp³-hybridized carbons (Fsp3) is 0.179. The van der Waals surface area contributed by atoms with E-state index in [0.29, 0.717) is 29.0 Å². The fourth-order valence-electron chi connectivity index (χ4n) is 4.27. The van der Waals surface area contributed by atoms with Gasteiger partial charge in [0.1, 0.15) is 29.9 Å². The summed E-state index contributed by atoms with van der Waals surface area (Å²) in [5, 5.41) is 11.2. The first-order chi connectivity index (χ1) is 19.2. The zero-order chi connectivity index (χ0) is 28.4. The van der Waals surface area contributed by atoms with Crippen LogP contribution in [0.3, 0.4) is 0 Å². The van der Waals surface area contributed by atoms with E-state index in [1.54, 1.807) is 16.0 Å². The first-order valence-corrected chi connectivity index (χ1v) is 13.2. The Balaban J connectivity index is 1.44. The van der Waals surface area contributed by atoms with Crippen LogP contribution in [-0.2, 0) is 24.3 Å². The molecule has 3 aromatic carbocycles. The molecule has 5 rings (SSSR count). The summed E-state index contributed by atoms with van der Waals surface area (Å²) in [6.45, 7) is 0.444. The maximum absolute atomic E-state index is 15.4. The van der Waals surface area contributed by atoms with Crippen LogP contribution in [0.5, 0.6) is 5.88 Å². The number of nitrogens with zero attached hydrogens (tertiary/aromatic N) is 3. The molecule has 2 aromatic heterocycles. The number of aromatic carboxylic acids is 1. The molecule has 0 amide bonds. The number of ether oxygens (including phenoxy) is 2. The van der Waals surface area contributed by atoms with Gasteiger partial charge >= 0.3 is 5.97 Å². The van der Waals surface area contributed by atoms with Crippen molar-refractivity contribution in [1.29, 1.82) is 0 Å². The van der Waals surface area contributed by atoms with Crippen molar-refractivity contribution in [3.05, 3.63) is 98.9 Å². The average Bonchev–Trinajstić information content (AvgIpc) is 3.52. The van der Waals surface area contributed by atoms with Gasteiger partial charge in [-0.3, -0.25) is 0 Å². The smallest absolute Gasteiger partial charge is 0.335 e. The quantitative estimate of drug-likeness (QED) is 0.195. The van der Waals surface area contributed by atoms with Crippen molar-refractivity contribution in [2.24, 2.45) is 0 Å². The molecule has 0 spiro atoms. The van der Waals surface area contributed by atoms with E-state index in [1.807, 2.05) is 0 Å². The Morgan fingerprint density at radius 1 is 1.07 bits per heavy atom. The van der Waals surface area contributed by atoms with Crippen molar-refractivity contribution in [3.8, 4) is 17.0 Å². The SMILES string of the molecule is COCCn1c(Cc2c(F)cc(-c3csnc3OCc3ccc(Cl)cc3F)cc2F)nc2ccc(C(=O)O)cc21. The number of halogens is 4. The van der Waals surface area contributed by atoms with Crippen molar-refractivity contribution in [2.45, 2.75) is 19.6 Å². The Labute approximate surface area is 235 Å². The zero-order valence-corrected chi connectivity index (χ0v) is 22.5. The molecule has 0 bridgehead atoms. The maximum atomic E-state index is 15.4. The molecule has 0 saturated heterocycles. The van der Waals surface area contributed by atoms with Gasteiger partial charge in [0.2, 0.25) is 5.88 Å². The minimum Gasteiger partial charge on any atom is -0.478 e. The fourth-order valence-corrected chi connectivity index (χ4v) is 5.07. The average molecular weight is 588 g/mol. The summed E-state index contributed by atoms with van der Waals surface area (Å²) in [5.74, 6) is -2.77. The van der Waals surface area contributed by atoms with E-state index in [9.17, 15) is 14.3 Å². The van der Waals surface area contributed by atoms with Gasteiger partial charge < -0.3 is 19.1 Å². The molecule has 0 aliphatic carbocycles. The maximum Gasteiger partial charge on any atom is 0.335 e. The monoisotopic (exact) mass is 587 g/mol. The first kappa shape index (κ1) is 27.6. The van der Waals surface area contributed by atoms with Gasteiger partial charge in [-0.15, -0.1) is 0 Å². The number of carboxylic acids is 1. The zero-order valence-electron chi connectivity index (χ0n) is 21.0. The summed E-state index contributed by atoms with van der Waals surface area (Å²) in [6, 6.07) is 11.0. The van der Waals surface area contributed by atoms with Gasteiger partial charge in [-0.25, -0.2) is 22.9 Å². The lowest BCUT2D eigenvalue weighted by atomic mass is 10.0. The van der Waals surface area contributed by atoms with Crippen LogP contribution < -0.4 is 4.74 Å². The second-order valence-electron chi connectivity index (χ2n) is 8.83. The molecule has 0 saturated carbocycles.